The topological polar surface area (TPSA) is 49.4 Å². The second-order valence-electron chi connectivity index (χ2n) is 7.85. The summed E-state index contributed by atoms with van der Waals surface area (Å²) in [5.41, 5.74) is 2.79. The van der Waals surface area contributed by atoms with Crippen molar-refractivity contribution >= 4 is 29.1 Å². The number of rotatable bonds is 10. The van der Waals surface area contributed by atoms with Gasteiger partial charge in [-0.05, 0) is 79.1 Å². The highest BCUT2D eigenvalue weighted by molar-refractivity contribution is 6.30. The van der Waals surface area contributed by atoms with Crippen molar-refractivity contribution in [1.29, 1.82) is 0 Å². The van der Waals surface area contributed by atoms with Crippen LogP contribution >= 0.6 is 11.6 Å². The first kappa shape index (κ1) is 24.5. The number of carbonyl (C=O) groups is 2. The van der Waals surface area contributed by atoms with Crippen molar-refractivity contribution < 1.29 is 14.0 Å². The predicted octanol–water partition coefficient (Wildman–Crippen LogP) is 6.29. The predicted molar refractivity (Wildman–Crippen MR) is 132 cm³/mol. The van der Waals surface area contributed by atoms with E-state index < -0.39 is 0 Å². The second kappa shape index (κ2) is 12.2. The lowest BCUT2D eigenvalue weighted by Crippen LogP contribution is -2.38. The first-order valence-electron chi connectivity index (χ1n) is 11.2. The molecule has 0 fully saturated rings. The van der Waals surface area contributed by atoms with E-state index in [-0.39, 0.29) is 30.7 Å². The van der Waals surface area contributed by atoms with Crippen molar-refractivity contribution in [3.63, 3.8) is 0 Å². The molecule has 2 amide bonds. The number of benzene rings is 3. The van der Waals surface area contributed by atoms with Gasteiger partial charge in [-0.25, -0.2) is 4.39 Å². The van der Waals surface area contributed by atoms with Gasteiger partial charge >= 0.3 is 0 Å². The van der Waals surface area contributed by atoms with E-state index in [0.717, 1.165) is 12.8 Å². The third-order valence-electron chi connectivity index (χ3n) is 5.38. The Morgan fingerprint density at radius 1 is 0.879 bits per heavy atom. The van der Waals surface area contributed by atoms with Gasteiger partial charge in [0.05, 0.1) is 0 Å². The molecule has 3 aromatic rings. The van der Waals surface area contributed by atoms with E-state index in [0.29, 0.717) is 21.8 Å². The van der Waals surface area contributed by atoms with Gasteiger partial charge in [-0.1, -0.05) is 43.5 Å². The van der Waals surface area contributed by atoms with Crippen LogP contribution in [0.25, 0.3) is 0 Å². The molecule has 0 aliphatic rings. The molecule has 0 bridgehead atoms. The number of hydrogen-bond acceptors (Lipinski definition) is 2. The van der Waals surface area contributed by atoms with Gasteiger partial charge in [0.1, 0.15) is 5.82 Å². The minimum absolute atomic E-state index is 0.201. The molecule has 0 aliphatic carbocycles. The molecule has 0 aliphatic heterocycles. The lowest BCUT2D eigenvalue weighted by Gasteiger charge is -2.23. The molecule has 33 heavy (non-hydrogen) atoms. The van der Waals surface area contributed by atoms with Crippen LogP contribution in [-0.2, 0) is 6.42 Å². The summed E-state index contributed by atoms with van der Waals surface area (Å²) in [5.74, 6) is -0.846. The Kier molecular flexibility index (Phi) is 9.02. The maximum absolute atomic E-state index is 13.4. The zero-order valence-corrected chi connectivity index (χ0v) is 19.4. The van der Waals surface area contributed by atoms with E-state index >= 15 is 0 Å². The smallest absolute Gasteiger partial charge is 0.258 e. The molecule has 6 heteroatoms. The average molecular weight is 467 g/mol. The van der Waals surface area contributed by atoms with Crippen LogP contribution in [0, 0.1) is 5.82 Å². The lowest BCUT2D eigenvalue weighted by atomic mass is 10.1. The quantitative estimate of drug-likeness (QED) is 0.357. The van der Waals surface area contributed by atoms with Crippen molar-refractivity contribution in [2.45, 2.75) is 32.6 Å². The summed E-state index contributed by atoms with van der Waals surface area (Å²) in [4.78, 5) is 27.2. The normalized spacial score (nSPS) is 10.6. The summed E-state index contributed by atoms with van der Waals surface area (Å²) >= 11 is 5.93. The van der Waals surface area contributed by atoms with E-state index in [1.165, 1.54) is 35.4 Å². The van der Waals surface area contributed by atoms with E-state index in [9.17, 15) is 14.0 Å². The summed E-state index contributed by atoms with van der Waals surface area (Å²) in [6, 6.07) is 19.9. The Hall–Kier alpha value is -3.18. The molecule has 1 N–H and O–H groups in total. The number of unbranched alkanes of at least 4 members (excludes halogenated alkanes) is 2. The molecule has 0 aromatic heterocycles. The summed E-state index contributed by atoms with van der Waals surface area (Å²) < 4.78 is 13.4. The van der Waals surface area contributed by atoms with Crippen molar-refractivity contribution in [3.8, 4) is 0 Å². The van der Waals surface area contributed by atoms with Gasteiger partial charge in [-0.2, -0.15) is 0 Å². The van der Waals surface area contributed by atoms with E-state index in [1.807, 2.05) is 24.3 Å². The third-order valence-corrected chi connectivity index (χ3v) is 5.63. The minimum Gasteiger partial charge on any atom is -0.350 e. The summed E-state index contributed by atoms with van der Waals surface area (Å²) in [6.45, 7) is 2.65. The van der Waals surface area contributed by atoms with Crippen molar-refractivity contribution in [1.82, 2.24) is 5.32 Å². The van der Waals surface area contributed by atoms with Crippen LogP contribution < -0.4 is 10.2 Å². The fourth-order valence-corrected chi connectivity index (χ4v) is 3.63. The highest BCUT2D eigenvalue weighted by Crippen LogP contribution is 2.19. The number of hydrogen-bond donors (Lipinski definition) is 1. The van der Waals surface area contributed by atoms with Crippen molar-refractivity contribution in [2.24, 2.45) is 0 Å². The van der Waals surface area contributed by atoms with Gasteiger partial charge in [0.15, 0.2) is 0 Å². The monoisotopic (exact) mass is 466 g/mol. The molecule has 0 heterocycles. The van der Waals surface area contributed by atoms with Crippen molar-refractivity contribution in [2.75, 3.05) is 18.0 Å². The van der Waals surface area contributed by atoms with Crippen LogP contribution in [-0.4, -0.2) is 24.9 Å². The van der Waals surface area contributed by atoms with Crippen LogP contribution in [0.15, 0.2) is 72.8 Å². The van der Waals surface area contributed by atoms with Crippen LogP contribution in [0.4, 0.5) is 10.1 Å². The Balaban J connectivity index is 1.64. The molecule has 0 radical (unpaired) electrons. The Bertz CT molecular complexity index is 1050. The molecule has 0 atom stereocenters. The highest BCUT2D eigenvalue weighted by atomic mass is 35.5. The lowest BCUT2D eigenvalue weighted by molar-refractivity contribution is 0.0943. The molecule has 172 valence electrons. The zero-order chi connectivity index (χ0) is 23.6. The maximum Gasteiger partial charge on any atom is 0.258 e. The minimum atomic E-state index is -0.385. The number of nitrogens with one attached hydrogen (secondary N) is 1. The summed E-state index contributed by atoms with van der Waals surface area (Å²) in [5, 5.41) is 3.40. The molecule has 0 saturated carbocycles. The number of amides is 2. The first-order chi connectivity index (χ1) is 16.0. The third kappa shape index (κ3) is 7.16. The Morgan fingerprint density at radius 2 is 1.52 bits per heavy atom. The van der Waals surface area contributed by atoms with Gasteiger partial charge in [0.2, 0.25) is 0 Å². The summed E-state index contributed by atoms with van der Waals surface area (Å²) in [6.07, 6.45) is 4.52. The largest absolute Gasteiger partial charge is 0.350 e. The number of nitrogens with zero attached hydrogens (tertiary/aromatic N) is 1. The molecule has 0 unspecified atom stereocenters. The molecule has 3 rings (SSSR count). The van der Waals surface area contributed by atoms with E-state index in [4.69, 9.17) is 11.6 Å². The zero-order valence-electron chi connectivity index (χ0n) is 18.7. The Morgan fingerprint density at radius 3 is 2.15 bits per heavy atom. The number of carbonyl (C=O) groups excluding carboxylic acids is 2. The molecule has 0 spiro atoms. The van der Waals surface area contributed by atoms with Crippen LogP contribution in [0.5, 0.6) is 0 Å². The average Bonchev–Trinajstić information content (AvgIpc) is 2.83. The standard InChI is InChI=1S/C27H28ClFN2O2/c1-2-3-4-5-20-6-8-21(9-7-20)26(32)30-18-19-31(25-16-14-24(29)15-17-25)27(33)22-10-12-23(28)13-11-22/h6-17H,2-5,18-19H2,1H3,(H,30,32). The van der Waals surface area contributed by atoms with Gasteiger partial charge < -0.3 is 10.2 Å². The summed E-state index contributed by atoms with van der Waals surface area (Å²) in [7, 11) is 0. The number of halogens is 2. The SMILES string of the molecule is CCCCCc1ccc(C(=O)NCCN(C(=O)c2ccc(Cl)cc2)c2ccc(F)cc2)cc1. The van der Waals surface area contributed by atoms with Crippen LogP contribution in [0.2, 0.25) is 5.02 Å². The van der Waals surface area contributed by atoms with E-state index in [1.54, 1.807) is 36.4 Å². The van der Waals surface area contributed by atoms with Gasteiger partial charge in [-0.3, -0.25) is 9.59 Å². The highest BCUT2D eigenvalue weighted by Gasteiger charge is 2.18. The Labute approximate surface area is 199 Å². The number of aryl methyl sites for hydroxylation is 1. The van der Waals surface area contributed by atoms with Gasteiger partial charge in [-0.15, -0.1) is 0 Å². The fourth-order valence-electron chi connectivity index (χ4n) is 3.50. The van der Waals surface area contributed by atoms with Crippen LogP contribution in [0.1, 0.15) is 52.5 Å². The van der Waals surface area contributed by atoms with Crippen molar-refractivity contribution in [3.05, 3.63) is 100 Å². The molecular formula is C27H28ClFN2O2. The first-order valence-corrected chi connectivity index (χ1v) is 11.6. The van der Waals surface area contributed by atoms with Gasteiger partial charge in [0.25, 0.3) is 11.8 Å². The number of anilines is 1. The fraction of sp³-hybridized carbons (Fsp3) is 0.259. The second-order valence-corrected chi connectivity index (χ2v) is 8.29. The van der Waals surface area contributed by atoms with Crippen LogP contribution in [0.3, 0.4) is 0 Å². The molecule has 4 nitrogen and oxygen atoms in total. The maximum atomic E-state index is 13.4. The molecule has 3 aromatic carbocycles. The van der Waals surface area contributed by atoms with E-state index in [2.05, 4.69) is 12.2 Å². The molecular weight excluding hydrogens is 439 g/mol. The molecule has 0 saturated heterocycles. The van der Waals surface area contributed by atoms with Gasteiger partial charge in [0, 0.05) is 34.9 Å².